The van der Waals surface area contributed by atoms with E-state index in [1.54, 1.807) is 42.5 Å². The Kier molecular flexibility index (Phi) is 4.18. The molecule has 35 heavy (non-hydrogen) atoms. The molecule has 0 saturated carbocycles. The van der Waals surface area contributed by atoms with Crippen molar-refractivity contribution in [2.45, 2.75) is 12.1 Å². The summed E-state index contributed by atoms with van der Waals surface area (Å²) in [6.45, 7) is 0.105. The van der Waals surface area contributed by atoms with Crippen molar-refractivity contribution in [2.24, 2.45) is 11.8 Å². The number of rotatable bonds is 3. The van der Waals surface area contributed by atoms with Crippen LogP contribution in [0.3, 0.4) is 0 Å². The molecule has 0 aliphatic carbocycles. The highest BCUT2D eigenvalue weighted by Crippen LogP contribution is 2.53. The first-order valence-electron chi connectivity index (χ1n) is 11.5. The fourth-order valence-electron chi connectivity index (χ4n) is 5.91. The largest absolute Gasteiger partial charge is 0.454 e. The van der Waals surface area contributed by atoms with Crippen molar-refractivity contribution in [1.82, 2.24) is 4.90 Å². The Hall–Kier alpha value is -4.39. The summed E-state index contributed by atoms with van der Waals surface area (Å²) >= 11 is 0. The van der Waals surface area contributed by atoms with Gasteiger partial charge in [0.1, 0.15) is 6.04 Å². The fourth-order valence-corrected chi connectivity index (χ4v) is 5.91. The van der Waals surface area contributed by atoms with Gasteiger partial charge in [-0.15, -0.1) is 0 Å². The molecule has 4 aliphatic heterocycles. The van der Waals surface area contributed by atoms with Crippen molar-refractivity contribution in [1.29, 1.82) is 0 Å². The molecule has 172 valence electrons. The van der Waals surface area contributed by atoms with E-state index in [9.17, 15) is 14.4 Å². The van der Waals surface area contributed by atoms with Crippen molar-refractivity contribution in [3.05, 3.63) is 95.7 Å². The van der Waals surface area contributed by atoms with Gasteiger partial charge in [-0.1, -0.05) is 42.5 Å². The molecule has 0 N–H and O–H groups in total. The van der Waals surface area contributed by atoms with Gasteiger partial charge in [0, 0.05) is 11.8 Å². The summed E-state index contributed by atoms with van der Waals surface area (Å²) in [7, 11) is 0. The van der Waals surface area contributed by atoms with Crippen LogP contribution in [0.5, 0.6) is 11.5 Å². The van der Waals surface area contributed by atoms with E-state index in [-0.39, 0.29) is 24.4 Å². The van der Waals surface area contributed by atoms with E-state index in [4.69, 9.17) is 9.47 Å². The lowest BCUT2D eigenvalue weighted by Crippen LogP contribution is -2.44. The second-order valence-corrected chi connectivity index (χ2v) is 9.11. The van der Waals surface area contributed by atoms with Crippen molar-refractivity contribution in [2.75, 3.05) is 11.7 Å². The Balaban J connectivity index is 1.37. The van der Waals surface area contributed by atoms with Crippen LogP contribution < -0.4 is 14.4 Å². The molecule has 0 spiro atoms. The van der Waals surface area contributed by atoms with Gasteiger partial charge in [0.25, 0.3) is 0 Å². The average molecular weight is 464 g/mol. The maximum atomic E-state index is 14.0. The smallest absolute Gasteiger partial charge is 0.240 e. The zero-order valence-corrected chi connectivity index (χ0v) is 18.5. The first-order chi connectivity index (χ1) is 17.1. The first-order valence-corrected chi connectivity index (χ1v) is 11.5. The lowest BCUT2D eigenvalue weighted by atomic mass is 9.83. The standard InChI is InChI=1S/C28H20N2O5/c31-26(17-10-11-20-21(14-17)35-15-34-20)25-23-22(24-19-9-5-4-6-16(19)12-13-29(24)25)27(32)30(28(23)33)18-7-2-1-3-8-18/h1-14,22-25H,15H2/t22-,23+,24+,25-/m0/s1. The zero-order chi connectivity index (χ0) is 23.7. The third-order valence-electron chi connectivity index (χ3n) is 7.40. The average Bonchev–Trinajstić information content (AvgIpc) is 3.57. The highest BCUT2D eigenvalue weighted by molar-refractivity contribution is 6.24. The van der Waals surface area contributed by atoms with E-state index in [0.717, 1.165) is 11.1 Å². The van der Waals surface area contributed by atoms with Gasteiger partial charge < -0.3 is 14.4 Å². The van der Waals surface area contributed by atoms with Crippen LogP contribution in [0.1, 0.15) is 27.5 Å². The molecule has 7 rings (SSSR count). The van der Waals surface area contributed by atoms with Crippen LogP contribution in [0.15, 0.2) is 79.0 Å². The summed E-state index contributed by atoms with van der Waals surface area (Å²) < 4.78 is 10.9. The number of Topliss-reactive ketones (excluding diaryl/α,β-unsaturated/α-hetero) is 1. The first kappa shape index (κ1) is 20.0. The second kappa shape index (κ2) is 7.30. The van der Waals surface area contributed by atoms with E-state index >= 15 is 0 Å². The van der Waals surface area contributed by atoms with Crippen LogP contribution in [0.2, 0.25) is 0 Å². The van der Waals surface area contributed by atoms with E-state index < -0.39 is 23.9 Å². The number of fused-ring (bicyclic) bond motifs is 6. The van der Waals surface area contributed by atoms with E-state index in [2.05, 4.69) is 0 Å². The molecule has 0 unspecified atom stereocenters. The summed E-state index contributed by atoms with van der Waals surface area (Å²) in [5, 5.41) is 0. The predicted octanol–water partition coefficient (Wildman–Crippen LogP) is 3.81. The van der Waals surface area contributed by atoms with Crippen LogP contribution in [-0.2, 0) is 9.59 Å². The van der Waals surface area contributed by atoms with Gasteiger partial charge in [0.2, 0.25) is 18.6 Å². The molecule has 4 atom stereocenters. The molecule has 0 radical (unpaired) electrons. The number of anilines is 1. The van der Waals surface area contributed by atoms with Gasteiger partial charge in [-0.2, -0.15) is 0 Å². The molecule has 3 aromatic carbocycles. The number of ketones is 1. The van der Waals surface area contributed by atoms with Gasteiger partial charge in [0.05, 0.1) is 23.6 Å². The number of carbonyl (C=O) groups excluding carboxylic acids is 3. The maximum absolute atomic E-state index is 14.0. The molecule has 2 fully saturated rings. The highest BCUT2D eigenvalue weighted by Gasteiger charge is 2.64. The van der Waals surface area contributed by atoms with Crippen molar-refractivity contribution < 1.29 is 23.9 Å². The quantitative estimate of drug-likeness (QED) is 0.433. The molecular formula is C28H20N2O5. The van der Waals surface area contributed by atoms with Gasteiger partial charge >= 0.3 is 0 Å². The third-order valence-corrected chi connectivity index (χ3v) is 7.40. The van der Waals surface area contributed by atoms with Crippen molar-refractivity contribution >= 4 is 29.4 Å². The number of carbonyl (C=O) groups is 3. The summed E-state index contributed by atoms with van der Waals surface area (Å²) in [6, 6.07) is 20.6. The number of hydrogen-bond acceptors (Lipinski definition) is 6. The van der Waals surface area contributed by atoms with E-state index in [1.165, 1.54) is 4.90 Å². The fraction of sp³-hybridized carbons (Fsp3) is 0.179. The summed E-state index contributed by atoms with van der Waals surface area (Å²) in [5.41, 5.74) is 2.88. The molecule has 0 aromatic heterocycles. The van der Waals surface area contributed by atoms with Crippen LogP contribution in [0.25, 0.3) is 6.08 Å². The van der Waals surface area contributed by atoms with Crippen LogP contribution in [0, 0.1) is 11.8 Å². The van der Waals surface area contributed by atoms with E-state index in [1.807, 2.05) is 47.5 Å². The number of nitrogens with zero attached hydrogens (tertiary/aromatic N) is 2. The molecule has 7 heteroatoms. The third kappa shape index (κ3) is 2.75. The molecule has 7 nitrogen and oxygen atoms in total. The minimum atomic E-state index is -0.819. The number of ether oxygens (including phenoxy) is 2. The monoisotopic (exact) mass is 464 g/mol. The molecule has 2 amide bonds. The lowest BCUT2D eigenvalue weighted by Gasteiger charge is -2.35. The van der Waals surface area contributed by atoms with Gasteiger partial charge in [-0.05, 0) is 47.5 Å². The topological polar surface area (TPSA) is 76.1 Å². The molecule has 0 bridgehead atoms. The zero-order valence-electron chi connectivity index (χ0n) is 18.5. The van der Waals surface area contributed by atoms with Crippen molar-refractivity contribution in [3.63, 3.8) is 0 Å². The number of para-hydroxylation sites is 1. The lowest BCUT2D eigenvalue weighted by molar-refractivity contribution is -0.123. The molecule has 4 aliphatic rings. The Bertz CT molecular complexity index is 1430. The van der Waals surface area contributed by atoms with Gasteiger partial charge in [0.15, 0.2) is 17.3 Å². The Labute approximate surface area is 201 Å². The molecule has 2 saturated heterocycles. The molecular weight excluding hydrogens is 444 g/mol. The Morgan fingerprint density at radius 2 is 1.57 bits per heavy atom. The molecule has 4 heterocycles. The number of amides is 2. The summed E-state index contributed by atoms with van der Waals surface area (Å²) in [6.07, 6.45) is 3.80. The van der Waals surface area contributed by atoms with Gasteiger partial charge in [-0.3, -0.25) is 14.4 Å². The predicted molar refractivity (Wildman–Crippen MR) is 127 cm³/mol. The minimum absolute atomic E-state index is 0.105. The van der Waals surface area contributed by atoms with Gasteiger partial charge in [-0.25, -0.2) is 4.90 Å². The minimum Gasteiger partial charge on any atom is -0.454 e. The van der Waals surface area contributed by atoms with Crippen LogP contribution in [0.4, 0.5) is 5.69 Å². The SMILES string of the molecule is O=C(c1ccc2c(c1)OCO2)[C@@H]1[C@@H]2C(=O)N(c3ccccc3)C(=O)[C@@H]2[C@H]2c3ccccc3C=CN12. The van der Waals surface area contributed by atoms with E-state index in [0.29, 0.717) is 22.7 Å². The Morgan fingerprint density at radius 1 is 0.829 bits per heavy atom. The summed E-state index contributed by atoms with van der Waals surface area (Å²) in [5.74, 6) is -1.23. The highest BCUT2D eigenvalue weighted by atomic mass is 16.7. The van der Waals surface area contributed by atoms with Crippen molar-refractivity contribution in [3.8, 4) is 11.5 Å². The normalized spacial score (nSPS) is 25.5. The second-order valence-electron chi connectivity index (χ2n) is 9.11. The number of benzene rings is 3. The maximum Gasteiger partial charge on any atom is 0.240 e. The van der Waals surface area contributed by atoms with Crippen LogP contribution in [-0.4, -0.2) is 35.3 Å². The Morgan fingerprint density at radius 3 is 2.43 bits per heavy atom. The number of imide groups is 1. The van der Waals surface area contributed by atoms with Crippen LogP contribution >= 0.6 is 0 Å². The molecule has 3 aromatic rings. The summed E-state index contributed by atoms with van der Waals surface area (Å²) in [4.78, 5) is 44.8. The number of hydrogen-bond donors (Lipinski definition) is 0.